The van der Waals surface area contributed by atoms with Crippen LogP contribution in [-0.2, 0) is 9.53 Å². The zero-order valence-electron chi connectivity index (χ0n) is 17.4. The van der Waals surface area contributed by atoms with Gasteiger partial charge < -0.3 is 9.30 Å². The van der Waals surface area contributed by atoms with E-state index in [1.807, 2.05) is 49.6 Å². The third kappa shape index (κ3) is 5.13. The van der Waals surface area contributed by atoms with E-state index in [4.69, 9.17) is 16.3 Å². The van der Waals surface area contributed by atoms with Gasteiger partial charge in [-0.05, 0) is 51.1 Å². The number of hydrogen-bond donors (Lipinski definition) is 2. The van der Waals surface area contributed by atoms with Gasteiger partial charge in [0.15, 0.2) is 6.61 Å². The second kappa shape index (κ2) is 9.49. The lowest BCUT2D eigenvalue weighted by Crippen LogP contribution is -2.43. The summed E-state index contributed by atoms with van der Waals surface area (Å²) in [6, 6.07) is 16.1. The molecular weight excluding hydrogens is 418 g/mol. The van der Waals surface area contributed by atoms with Gasteiger partial charge in [0.1, 0.15) is 0 Å². The molecule has 7 nitrogen and oxygen atoms in total. The van der Waals surface area contributed by atoms with Gasteiger partial charge in [-0.2, -0.15) is 0 Å². The topological polar surface area (TPSA) is 89.4 Å². The molecule has 1 heterocycles. The van der Waals surface area contributed by atoms with Gasteiger partial charge in [-0.25, -0.2) is 4.79 Å². The maximum absolute atomic E-state index is 12.5. The maximum Gasteiger partial charge on any atom is 0.340 e. The Labute approximate surface area is 184 Å². The predicted octanol–water partition coefficient (Wildman–Crippen LogP) is 3.67. The molecule has 0 bridgehead atoms. The van der Waals surface area contributed by atoms with Crippen molar-refractivity contribution in [1.29, 1.82) is 0 Å². The Morgan fingerprint density at radius 1 is 0.935 bits per heavy atom. The van der Waals surface area contributed by atoms with E-state index >= 15 is 0 Å². The first-order valence-corrected chi connectivity index (χ1v) is 9.92. The van der Waals surface area contributed by atoms with Crippen molar-refractivity contribution in [3.05, 3.63) is 87.7 Å². The highest BCUT2D eigenvalue weighted by atomic mass is 35.5. The summed E-state index contributed by atoms with van der Waals surface area (Å²) in [5.41, 5.74) is 8.65. The van der Waals surface area contributed by atoms with Gasteiger partial charge in [0.2, 0.25) is 0 Å². The summed E-state index contributed by atoms with van der Waals surface area (Å²) in [6.45, 7) is 5.16. The van der Waals surface area contributed by atoms with Gasteiger partial charge in [0.05, 0.1) is 16.1 Å². The molecular formula is C23H22ClN3O4. The average Bonchev–Trinajstić information content (AvgIpc) is 3.05. The molecule has 0 aliphatic carbocycles. The number of rotatable bonds is 5. The van der Waals surface area contributed by atoms with Crippen LogP contribution in [0.3, 0.4) is 0 Å². The minimum Gasteiger partial charge on any atom is -0.452 e. The summed E-state index contributed by atoms with van der Waals surface area (Å²) in [5, 5.41) is 0.254. The number of aromatic nitrogens is 1. The lowest BCUT2D eigenvalue weighted by Gasteiger charge is -2.11. The van der Waals surface area contributed by atoms with Crippen molar-refractivity contribution < 1.29 is 19.1 Å². The minimum absolute atomic E-state index is 0.213. The van der Waals surface area contributed by atoms with Gasteiger partial charge in [-0.3, -0.25) is 20.4 Å². The highest BCUT2D eigenvalue weighted by Crippen LogP contribution is 2.22. The lowest BCUT2D eigenvalue weighted by atomic mass is 10.2. The number of nitrogens with one attached hydrogen (secondary N) is 2. The van der Waals surface area contributed by atoms with Gasteiger partial charge in [0.25, 0.3) is 11.8 Å². The number of carbonyl (C=O) groups excluding carboxylic acids is 3. The maximum atomic E-state index is 12.5. The van der Waals surface area contributed by atoms with Crippen LogP contribution in [0.4, 0.5) is 0 Å². The van der Waals surface area contributed by atoms with E-state index in [9.17, 15) is 14.4 Å². The number of nitrogens with zero attached hydrogens (tertiary/aromatic N) is 1. The SMILES string of the molecule is Cc1ccc(-n2c(C)cc(C(=O)OCC(=O)NNC(=O)c3ccccc3Cl)c2C)cc1. The van der Waals surface area contributed by atoms with Crippen LogP contribution in [0.2, 0.25) is 5.02 Å². The molecule has 0 spiro atoms. The second-order valence-corrected chi connectivity index (χ2v) is 7.42. The Morgan fingerprint density at radius 2 is 1.61 bits per heavy atom. The molecule has 2 amide bonds. The molecule has 0 aliphatic rings. The second-order valence-electron chi connectivity index (χ2n) is 7.01. The zero-order chi connectivity index (χ0) is 22.5. The fourth-order valence-corrected chi connectivity index (χ4v) is 3.37. The molecule has 0 radical (unpaired) electrons. The van der Waals surface area contributed by atoms with Crippen LogP contribution in [0.5, 0.6) is 0 Å². The number of carbonyl (C=O) groups is 3. The number of amides is 2. The third-order valence-electron chi connectivity index (χ3n) is 4.71. The van der Waals surface area contributed by atoms with E-state index in [0.29, 0.717) is 11.3 Å². The Hall–Kier alpha value is -3.58. The molecule has 0 aliphatic heterocycles. The molecule has 1 aromatic heterocycles. The van der Waals surface area contributed by atoms with Crippen molar-refractivity contribution in [2.45, 2.75) is 20.8 Å². The fourth-order valence-electron chi connectivity index (χ4n) is 3.14. The smallest absolute Gasteiger partial charge is 0.340 e. The number of hydrogen-bond acceptors (Lipinski definition) is 4. The molecule has 3 rings (SSSR count). The van der Waals surface area contributed by atoms with Crippen LogP contribution in [0, 0.1) is 20.8 Å². The van der Waals surface area contributed by atoms with Crippen molar-refractivity contribution in [2.75, 3.05) is 6.61 Å². The van der Waals surface area contributed by atoms with E-state index in [-0.39, 0.29) is 10.6 Å². The molecule has 0 fully saturated rings. The van der Waals surface area contributed by atoms with Crippen LogP contribution < -0.4 is 10.9 Å². The molecule has 8 heteroatoms. The summed E-state index contributed by atoms with van der Waals surface area (Å²) in [4.78, 5) is 36.5. The molecule has 2 N–H and O–H groups in total. The van der Waals surface area contributed by atoms with Crippen molar-refractivity contribution in [3.8, 4) is 5.69 Å². The predicted molar refractivity (Wildman–Crippen MR) is 117 cm³/mol. The first-order chi connectivity index (χ1) is 14.8. The van der Waals surface area contributed by atoms with Crippen LogP contribution in [0.1, 0.15) is 37.7 Å². The number of halogens is 1. The standard InChI is InChI=1S/C23H22ClN3O4/c1-14-8-10-17(11-9-14)27-15(2)12-19(16(27)3)23(30)31-13-21(28)25-26-22(29)18-6-4-5-7-20(18)24/h4-12H,13H2,1-3H3,(H,25,28)(H,26,29). The summed E-state index contributed by atoms with van der Waals surface area (Å²) >= 11 is 5.94. The normalized spacial score (nSPS) is 10.5. The molecule has 2 aromatic carbocycles. The number of benzene rings is 2. The third-order valence-corrected chi connectivity index (χ3v) is 5.04. The van der Waals surface area contributed by atoms with Gasteiger partial charge in [-0.1, -0.05) is 41.4 Å². The lowest BCUT2D eigenvalue weighted by molar-refractivity contribution is -0.125. The van der Waals surface area contributed by atoms with Crippen LogP contribution in [-0.4, -0.2) is 29.0 Å². The molecule has 0 saturated heterocycles. The Kier molecular flexibility index (Phi) is 6.77. The average molecular weight is 440 g/mol. The molecule has 160 valence electrons. The quantitative estimate of drug-likeness (QED) is 0.469. The van der Waals surface area contributed by atoms with Crippen molar-refractivity contribution in [3.63, 3.8) is 0 Å². The van der Waals surface area contributed by atoms with E-state index in [0.717, 1.165) is 16.9 Å². The molecule has 0 saturated carbocycles. The Balaban J connectivity index is 1.59. The molecule has 0 unspecified atom stereocenters. The summed E-state index contributed by atoms with van der Waals surface area (Å²) in [7, 11) is 0. The van der Waals surface area contributed by atoms with Gasteiger partial charge >= 0.3 is 5.97 Å². The molecule has 3 aromatic rings. The van der Waals surface area contributed by atoms with Gasteiger partial charge in [-0.15, -0.1) is 0 Å². The van der Waals surface area contributed by atoms with E-state index < -0.39 is 24.4 Å². The first-order valence-electron chi connectivity index (χ1n) is 9.54. The fraction of sp³-hybridized carbons (Fsp3) is 0.174. The summed E-state index contributed by atoms with van der Waals surface area (Å²) < 4.78 is 7.06. The Morgan fingerprint density at radius 3 is 2.29 bits per heavy atom. The highest BCUT2D eigenvalue weighted by molar-refractivity contribution is 6.33. The van der Waals surface area contributed by atoms with E-state index in [1.54, 1.807) is 24.3 Å². The number of aryl methyl sites for hydroxylation is 2. The number of ether oxygens (including phenoxy) is 1. The zero-order valence-corrected chi connectivity index (χ0v) is 18.1. The van der Waals surface area contributed by atoms with Crippen LogP contribution in [0.25, 0.3) is 5.69 Å². The van der Waals surface area contributed by atoms with Crippen LogP contribution in [0.15, 0.2) is 54.6 Å². The van der Waals surface area contributed by atoms with Gasteiger partial charge in [0, 0.05) is 17.1 Å². The van der Waals surface area contributed by atoms with Crippen LogP contribution >= 0.6 is 11.6 Å². The Bertz CT molecular complexity index is 1140. The molecule has 31 heavy (non-hydrogen) atoms. The summed E-state index contributed by atoms with van der Waals surface area (Å²) in [5.74, 6) is -1.88. The van der Waals surface area contributed by atoms with Crippen molar-refractivity contribution in [1.82, 2.24) is 15.4 Å². The monoisotopic (exact) mass is 439 g/mol. The number of esters is 1. The van der Waals surface area contributed by atoms with Crippen molar-refractivity contribution >= 4 is 29.4 Å². The van der Waals surface area contributed by atoms with E-state index in [1.165, 1.54) is 6.07 Å². The molecule has 0 atom stereocenters. The highest BCUT2D eigenvalue weighted by Gasteiger charge is 2.19. The van der Waals surface area contributed by atoms with Crippen molar-refractivity contribution in [2.24, 2.45) is 0 Å². The minimum atomic E-state index is -0.680. The summed E-state index contributed by atoms with van der Waals surface area (Å²) in [6.07, 6.45) is 0. The first kappa shape index (κ1) is 22.1. The largest absolute Gasteiger partial charge is 0.452 e. The van der Waals surface area contributed by atoms with E-state index in [2.05, 4.69) is 10.9 Å². The number of hydrazine groups is 1.